The van der Waals surface area contributed by atoms with Gasteiger partial charge >= 0.3 is 0 Å². The Kier molecular flexibility index (Phi) is 6.23. The number of para-hydroxylation sites is 1. The Morgan fingerprint density at radius 3 is 2.50 bits per heavy atom. The summed E-state index contributed by atoms with van der Waals surface area (Å²) in [6.45, 7) is 4.19. The zero-order chi connectivity index (χ0) is 22.7. The van der Waals surface area contributed by atoms with Crippen molar-refractivity contribution < 1.29 is 14.3 Å². The second kappa shape index (κ2) is 9.23. The summed E-state index contributed by atoms with van der Waals surface area (Å²) in [5.74, 6) is 0.290. The number of methoxy groups -OCH3 is 1. The average Bonchev–Trinajstić information content (AvgIpc) is 3.38. The highest BCUT2D eigenvalue weighted by atomic mass is 32.1. The summed E-state index contributed by atoms with van der Waals surface area (Å²) in [7, 11) is 1.59. The molecule has 2 heterocycles. The van der Waals surface area contributed by atoms with Gasteiger partial charge in [0.25, 0.3) is 5.91 Å². The summed E-state index contributed by atoms with van der Waals surface area (Å²) in [4.78, 5) is 28.8. The number of likely N-dealkylation sites (N-methyl/N-ethyl adjacent to an activating group) is 1. The molecule has 0 aliphatic heterocycles. The van der Waals surface area contributed by atoms with E-state index in [1.807, 2.05) is 54.9 Å². The smallest absolute Gasteiger partial charge is 0.264 e. The molecule has 0 unspecified atom stereocenters. The lowest BCUT2D eigenvalue weighted by Crippen LogP contribution is -2.37. The quantitative estimate of drug-likeness (QED) is 0.451. The third-order valence-electron chi connectivity index (χ3n) is 5.13. The van der Waals surface area contributed by atoms with Crippen LogP contribution in [0, 0.1) is 6.92 Å². The summed E-state index contributed by atoms with van der Waals surface area (Å²) in [5.41, 5.74) is 2.46. The fourth-order valence-corrected chi connectivity index (χ4v) is 4.58. The van der Waals surface area contributed by atoms with Gasteiger partial charge < -0.3 is 15.0 Å². The van der Waals surface area contributed by atoms with Crippen molar-refractivity contribution in [1.29, 1.82) is 0 Å². The molecule has 2 aromatic carbocycles. The topological polar surface area (TPSA) is 76.5 Å². The van der Waals surface area contributed by atoms with Gasteiger partial charge in [0.2, 0.25) is 5.91 Å². The first-order valence-corrected chi connectivity index (χ1v) is 11.1. The van der Waals surface area contributed by atoms with E-state index < -0.39 is 0 Å². The van der Waals surface area contributed by atoms with E-state index in [2.05, 4.69) is 10.4 Å². The number of rotatable bonds is 7. The first-order chi connectivity index (χ1) is 15.5. The van der Waals surface area contributed by atoms with Gasteiger partial charge in [0.05, 0.1) is 23.4 Å². The van der Waals surface area contributed by atoms with Crippen molar-refractivity contribution in [1.82, 2.24) is 14.7 Å². The van der Waals surface area contributed by atoms with Crippen LogP contribution in [0.2, 0.25) is 0 Å². The number of aromatic nitrogens is 2. The van der Waals surface area contributed by atoms with Gasteiger partial charge in [-0.15, -0.1) is 11.3 Å². The highest BCUT2D eigenvalue weighted by Gasteiger charge is 2.22. The number of nitrogens with zero attached hydrogens (tertiary/aromatic N) is 3. The van der Waals surface area contributed by atoms with Crippen LogP contribution in [-0.4, -0.2) is 46.7 Å². The molecule has 0 spiro atoms. The van der Waals surface area contributed by atoms with Gasteiger partial charge in [0, 0.05) is 17.6 Å². The number of carbonyl (C=O) groups excluding carboxylic acids is 2. The molecule has 0 atom stereocenters. The van der Waals surface area contributed by atoms with Gasteiger partial charge in [-0.1, -0.05) is 18.2 Å². The first kappa shape index (κ1) is 21.6. The maximum Gasteiger partial charge on any atom is 0.264 e. The summed E-state index contributed by atoms with van der Waals surface area (Å²) in [6.07, 6.45) is 0. The van der Waals surface area contributed by atoms with Crippen LogP contribution in [0.1, 0.15) is 22.3 Å². The van der Waals surface area contributed by atoms with E-state index in [4.69, 9.17) is 4.74 Å². The molecule has 164 valence electrons. The summed E-state index contributed by atoms with van der Waals surface area (Å²) < 4.78 is 6.99. The van der Waals surface area contributed by atoms with Gasteiger partial charge in [-0.2, -0.15) is 5.10 Å². The minimum Gasteiger partial charge on any atom is -0.497 e. The van der Waals surface area contributed by atoms with E-state index in [0.29, 0.717) is 22.9 Å². The standard InChI is InChI=1S/C24H24N4O3S/c1-4-27(15-22(29)25-17-10-12-19(31-3)13-11-17)23(30)21-14-20-16(2)26-28(24(20)32-21)18-8-6-5-7-9-18/h5-14H,4,15H2,1-3H3,(H,25,29). The van der Waals surface area contributed by atoms with Crippen LogP contribution in [-0.2, 0) is 4.79 Å². The normalized spacial score (nSPS) is 10.8. The molecule has 2 amide bonds. The van der Waals surface area contributed by atoms with Crippen LogP contribution >= 0.6 is 11.3 Å². The van der Waals surface area contributed by atoms with Crippen molar-refractivity contribution in [2.75, 3.05) is 25.5 Å². The number of hydrogen-bond acceptors (Lipinski definition) is 5. The van der Waals surface area contributed by atoms with Crippen molar-refractivity contribution in [3.8, 4) is 11.4 Å². The number of aryl methyl sites for hydroxylation is 1. The van der Waals surface area contributed by atoms with Gasteiger partial charge in [-0.05, 0) is 56.3 Å². The monoisotopic (exact) mass is 448 g/mol. The minimum atomic E-state index is -0.252. The molecule has 8 heteroatoms. The molecular formula is C24H24N4O3S. The van der Waals surface area contributed by atoms with Crippen molar-refractivity contribution >= 4 is 39.1 Å². The second-order valence-electron chi connectivity index (χ2n) is 7.26. The zero-order valence-corrected chi connectivity index (χ0v) is 19.0. The largest absolute Gasteiger partial charge is 0.497 e. The lowest BCUT2D eigenvalue weighted by atomic mass is 10.2. The summed E-state index contributed by atoms with van der Waals surface area (Å²) >= 11 is 1.39. The number of ether oxygens (including phenoxy) is 1. The maximum atomic E-state index is 13.2. The average molecular weight is 449 g/mol. The minimum absolute atomic E-state index is 0.0284. The molecule has 0 bridgehead atoms. The Labute approximate surface area is 190 Å². The predicted molar refractivity (Wildman–Crippen MR) is 127 cm³/mol. The number of benzene rings is 2. The third-order valence-corrected chi connectivity index (χ3v) is 6.23. The Morgan fingerprint density at radius 1 is 1.12 bits per heavy atom. The van der Waals surface area contributed by atoms with Crippen molar-refractivity contribution in [2.24, 2.45) is 0 Å². The fraction of sp³-hybridized carbons (Fsp3) is 0.208. The van der Waals surface area contributed by atoms with Crippen LogP contribution in [0.4, 0.5) is 5.69 Å². The fourth-order valence-electron chi connectivity index (χ4n) is 3.43. The SMILES string of the molecule is CCN(CC(=O)Nc1ccc(OC)cc1)C(=O)c1cc2c(C)nn(-c3ccccc3)c2s1. The molecule has 4 rings (SSSR count). The van der Waals surface area contributed by atoms with Crippen LogP contribution < -0.4 is 10.1 Å². The molecule has 0 saturated carbocycles. The molecule has 0 aliphatic rings. The lowest BCUT2D eigenvalue weighted by molar-refractivity contribution is -0.116. The van der Waals surface area contributed by atoms with Crippen LogP contribution in [0.15, 0.2) is 60.7 Å². The predicted octanol–water partition coefficient (Wildman–Crippen LogP) is 4.50. The van der Waals surface area contributed by atoms with E-state index in [1.165, 1.54) is 11.3 Å². The molecule has 4 aromatic rings. The van der Waals surface area contributed by atoms with Crippen molar-refractivity contribution in [3.63, 3.8) is 0 Å². The molecule has 32 heavy (non-hydrogen) atoms. The molecular weight excluding hydrogens is 424 g/mol. The zero-order valence-electron chi connectivity index (χ0n) is 18.2. The van der Waals surface area contributed by atoms with Crippen molar-refractivity contribution in [3.05, 3.63) is 71.2 Å². The highest BCUT2D eigenvalue weighted by Crippen LogP contribution is 2.31. The summed E-state index contributed by atoms with van der Waals surface area (Å²) in [5, 5.41) is 8.39. The maximum absolute atomic E-state index is 13.2. The number of anilines is 1. The molecule has 0 radical (unpaired) electrons. The first-order valence-electron chi connectivity index (χ1n) is 10.3. The molecule has 0 aliphatic carbocycles. The number of amides is 2. The van der Waals surface area contributed by atoms with Crippen LogP contribution in [0.3, 0.4) is 0 Å². The molecule has 0 fully saturated rings. The Hall–Kier alpha value is -3.65. The molecule has 0 saturated heterocycles. The van der Waals surface area contributed by atoms with E-state index in [0.717, 1.165) is 21.6 Å². The number of fused-ring (bicyclic) bond motifs is 1. The summed E-state index contributed by atoms with van der Waals surface area (Å²) in [6, 6.07) is 18.8. The second-order valence-corrected chi connectivity index (χ2v) is 8.29. The molecule has 7 nitrogen and oxygen atoms in total. The van der Waals surface area contributed by atoms with E-state index in [9.17, 15) is 9.59 Å². The van der Waals surface area contributed by atoms with E-state index in [-0.39, 0.29) is 18.4 Å². The lowest BCUT2D eigenvalue weighted by Gasteiger charge is -2.19. The van der Waals surface area contributed by atoms with Gasteiger partial charge in [0.15, 0.2) is 0 Å². The number of carbonyl (C=O) groups is 2. The van der Waals surface area contributed by atoms with Gasteiger partial charge in [0.1, 0.15) is 17.1 Å². The van der Waals surface area contributed by atoms with Crippen LogP contribution in [0.5, 0.6) is 5.75 Å². The Morgan fingerprint density at radius 2 is 1.84 bits per heavy atom. The van der Waals surface area contributed by atoms with Gasteiger partial charge in [-0.25, -0.2) is 4.68 Å². The molecule has 2 aromatic heterocycles. The number of hydrogen-bond donors (Lipinski definition) is 1. The Balaban J connectivity index is 1.52. The third kappa shape index (κ3) is 4.36. The number of thiophene rings is 1. The Bertz CT molecular complexity index is 1250. The molecule has 1 N–H and O–H groups in total. The number of nitrogens with one attached hydrogen (secondary N) is 1. The van der Waals surface area contributed by atoms with Crippen molar-refractivity contribution in [2.45, 2.75) is 13.8 Å². The van der Waals surface area contributed by atoms with E-state index >= 15 is 0 Å². The van der Waals surface area contributed by atoms with E-state index in [1.54, 1.807) is 36.3 Å². The van der Waals surface area contributed by atoms with Crippen LogP contribution in [0.25, 0.3) is 15.9 Å². The highest BCUT2D eigenvalue weighted by molar-refractivity contribution is 7.20. The van der Waals surface area contributed by atoms with Gasteiger partial charge in [-0.3, -0.25) is 9.59 Å².